The second-order valence-electron chi connectivity index (χ2n) is 4.03. The van der Waals surface area contributed by atoms with E-state index in [4.69, 9.17) is 5.73 Å². The van der Waals surface area contributed by atoms with Crippen LogP contribution < -0.4 is 5.73 Å². The summed E-state index contributed by atoms with van der Waals surface area (Å²) in [6.07, 6.45) is 0. The fourth-order valence-corrected chi connectivity index (χ4v) is 2.90. The van der Waals surface area contributed by atoms with Gasteiger partial charge < -0.3 is 10.6 Å². The molecular weight excluding hydrogens is 224 g/mol. The molecule has 88 valence electrons. The van der Waals surface area contributed by atoms with E-state index in [0.717, 1.165) is 23.7 Å². The molecule has 16 heavy (non-hydrogen) atoms. The van der Waals surface area contributed by atoms with E-state index < -0.39 is 0 Å². The highest BCUT2D eigenvalue weighted by molar-refractivity contribution is 7.99. The number of hydrogen-bond acceptors (Lipinski definition) is 4. The van der Waals surface area contributed by atoms with Crippen molar-refractivity contribution < 1.29 is 4.79 Å². The Balaban J connectivity index is 2.24. The van der Waals surface area contributed by atoms with Crippen LogP contribution in [0.25, 0.3) is 0 Å². The molecule has 2 rings (SSSR count). The minimum Gasteiger partial charge on any atom is -0.382 e. The van der Waals surface area contributed by atoms with Crippen LogP contribution in [0.4, 0.5) is 5.82 Å². The molecule has 6 heteroatoms. The van der Waals surface area contributed by atoms with Gasteiger partial charge in [0, 0.05) is 29.8 Å². The highest BCUT2D eigenvalue weighted by Crippen LogP contribution is 2.21. The van der Waals surface area contributed by atoms with Gasteiger partial charge in [-0.2, -0.15) is 16.9 Å². The number of aromatic nitrogens is 2. The average Bonchev–Trinajstić information content (AvgIpc) is 2.58. The molecule has 1 amide bonds. The van der Waals surface area contributed by atoms with Crippen molar-refractivity contribution in [3.8, 4) is 0 Å². The first-order chi connectivity index (χ1) is 7.61. The van der Waals surface area contributed by atoms with Gasteiger partial charge in [-0.15, -0.1) is 0 Å². The summed E-state index contributed by atoms with van der Waals surface area (Å²) in [4.78, 5) is 14.2. The summed E-state index contributed by atoms with van der Waals surface area (Å²) < 4.78 is 0. The molecule has 0 radical (unpaired) electrons. The van der Waals surface area contributed by atoms with Gasteiger partial charge in [0.1, 0.15) is 5.56 Å². The Morgan fingerprint density at radius 3 is 3.00 bits per heavy atom. The van der Waals surface area contributed by atoms with E-state index in [9.17, 15) is 4.79 Å². The van der Waals surface area contributed by atoms with Gasteiger partial charge >= 0.3 is 0 Å². The Bertz CT molecular complexity index is 384. The number of nitrogen functional groups attached to an aromatic ring is 1. The molecule has 1 fully saturated rings. The van der Waals surface area contributed by atoms with Crippen molar-refractivity contribution in [1.82, 2.24) is 15.1 Å². The zero-order valence-electron chi connectivity index (χ0n) is 9.49. The Morgan fingerprint density at radius 2 is 2.44 bits per heavy atom. The van der Waals surface area contributed by atoms with Crippen LogP contribution in [0.1, 0.15) is 23.0 Å². The van der Waals surface area contributed by atoms with E-state index in [1.54, 1.807) is 0 Å². The molecule has 0 aromatic carbocycles. The summed E-state index contributed by atoms with van der Waals surface area (Å²) in [7, 11) is 0. The number of rotatable bonds is 1. The number of nitrogens with two attached hydrogens (primary N) is 1. The molecule has 0 spiro atoms. The third-order valence-corrected chi connectivity index (χ3v) is 4.01. The molecule has 0 aliphatic carbocycles. The van der Waals surface area contributed by atoms with E-state index in [2.05, 4.69) is 17.1 Å². The van der Waals surface area contributed by atoms with Crippen molar-refractivity contribution in [2.24, 2.45) is 0 Å². The van der Waals surface area contributed by atoms with Crippen LogP contribution >= 0.6 is 11.8 Å². The van der Waals surface area contributed by atoms with Crippen molar-refractivity contribution in [1.29, 1.82) is 0 Å². The number of nitrogens with zero attached hydrogens (tertiary/aromatic N) is 2. The number of H-pyrrole nitrogens is 1. The van der Waals surface area contributed by atoms with E-state index in [1.807, 2.05) is 23.6 Å². The third kappa shape index (κ3) is 1.89. The number of hydrogen-bond donors (Lipinski definition) is 2. The van der Waals surface area contributed by atoms with Gasteiger partial charge in [-0.05, 0) is 13.8 Å². The van der Waals surface area contributed by atoms with Crippen LogP contribution in [-0.4, -0.2) is 45.1 Å². The molecular formula is C10H16N4OS. The maximum Gasteiger partial charge on any atom is 0.259 e. The number of thioether (sulfide) groups is 1. The third-order valence-electron chi connectivity index (χ3n) is 2.82. The number of carbonyl (C=O) groups excluding carboxylic acids is 1. The molecule has 1 saturated heterocycles. The fraction of sp³-hybridized carbons (Fsp3) is 0.600. The van der Waals surface area contributed by atoms with Gasteiger partial charge in [0.15, 0.2) is 5.82 Å². The monoisotopic (exact) mass is 240 g/mol. The fourth-order valence-electron chi connectivity index (χ4n) is 1.89. The maximum absolute atomic E-state index is 12.3. The maximum atomic E-state index is 12.3. The summed E-state index contributed by atoms with van der Waals surface area (Å²) in [5.41, 5.74) is 6.97. The lowest BCUT2D eigenvalue weighted by molar-refractivity contribution is 0.0716. The van der Waals surface area contributed by atoms with Gasteiger partial charge in [-0.3, -0.25) is 9.89 Å². The van der Waals surface area contributed by atoms with E-state index in [-0.39, 0.29) is 11.9 Å². The molecule has 1 aromatic heterocycles. The number of aryl methyl sites for hydroxylation is 1. The molecule has 0 saturated carbocycles. The number of amides is 1. The van der Waals surface area contributed by atoms with Gasteiger partial charge in [0.2, 0.25) is 0 Å². The van der Waals surface area contributed by atoms with Crippen LogP contribution in [-0.2, 0) is 0 Å². The van der Waals surface area contributed by atoms with Crippen LogP contribution in [0.15, 0.2) is 0 Å². The summed E-state index contributed by atoms with van der Waals surface area (Å²) in [6.45, 7) is 4.67. The van der Waals surface area contributed by atoms with Gasteiger partial charge in [-0.1, -0.05) is 0 Å². The predicted octanol–water partition coefficient (Wildman–Crippen LogP) is 0.878. The topological polar surface area (TPSA) is 75.0 Å². The summed E-state index contributed by atoms with van der Waals surface area (Å²) >= 11 is 1.88. The van der Waals surface area contributed by atoms with Gasteiger partial charge in [0.25, 0.3) is 5.91 Å². The normalized spacial score (nSPS) is 21.1. The number of nitrogens with one attached hydrogen (secondary N) is 1. The van der Waals surface area contributed by atoms with Crippen molar-refractivity contribution in [3.05, 3.63) is 11.3 Å². The van der Waals surface area contributed by atoms with Crippen molar-refractivity contribution in [2.75, 3.05) is 23.8 Å². The number of anilines is 1. The predicted molar refractivity (Wildman–Crippen MR) is 65.6 cm³/mol. The van der Waals surface area contributed by atoms with E-state index in [1.165, 1.54) is 0 Å². The van der Waals surface area contributed by atoms with Crippen LogP contribution in [0.5, 0.6) is 0 Å². The smallest absolute Gasteiger partial charge is 0.259 e. The molecule has 5 nitrogen and oxygen atoms in total. The summed E-state index contributed by atoms with van der Waals surface area (Å²) in [6, 6.07) is 0.264. The zero-order valence-corrected chi connectivity index (χ0v) is 10.3. The average molecular weight is 240 g/mol. The van der Waals surface area contributed by atoms with Crippen LogP contribution in [0.2, 0.25) is 0 Å². The molecule has 1 aliphatic rings. The van der Waals surface area contributed by atoms with E-state index in [0.29, 0.717) is 11.4 Å². The molecule has 3 N–H and O–H groups in total. The minimum atomic E-state index is -0.00319. The van der Waals surface area contributed by atoms with Crippen molar-refractivity contribution in [3.63, 3.8) is 0 Å². The summed E-state index contributed by atoms with van der Waals surface area (Å²) in [5, 5.41) is 6.60. The van der Waals surface area contributed by atoms with Crippen LogP contribution in [0, 0.1) is 6.92 Å². The lowest BCUT2D eigenvalue weighted by Crippen LogP contribution is -2.44. The SMILES string of the molecule is Cc1[nH]nc(N)c1C(=O)N1CCSCC1C. The highest BCUT2D eigenvalue weighted by atomic mass is 32.2. The Kier molecular flexibility index (Phi) is 3.09. The molecule has 1 unspecified atom stereocenters. The minimum absolute atomic E-state index is 0.00319. The Hall–Kier alpha value is -1.17. The lowest BCUT2D eigenvalue weighted by atomic mass is 10.2. The van der Waals surface area contributed by atoms with Crippen molar-refractivity contribution in [2.45, 2.75) is 19.9 Å². The largest absolute Gasteiger partial charge is 0.382 e. The van der Waals surface area contributed by atoms with Gasteiger partial charge in [-0.25, -0.2) is 0 Å². The zero-order chi connectivity index (χ0) is 11.7. The highest BCUT2D eigenvalue weighted by Gasteiger charge is 2.28. The number of aromatic amines is 1. The first kappa shape index (κ1) is 11.3. The first-order valence-corrected chi connectivity index (χ1v) is 6.46. The molecule has 2 heterocycles. The van der Waals surface area contributed by atoms with Gasteiger partial charge in [0.05, 0.1) is 0 Å². The molecule has 0 bridgehead atoms. The first-order valence-electron chi connectivity index (χ1n) is 5.30. The quantitative estimate of drug-likeness (QED) is 0.764. The Morgan fingerprint density at radius 1 is 1.69 bits per heavy atom. The summed E-state index contributed by atoms with van der Waals surface area (Å²) in [5.74, 6) is 2.28. The second kappa shape index (κ2) is 4.37. The van der Waals surface area contributed by atoms with Crippen molar-refractivity contribution >= 4 is 23.5 Å². The molecule has 1 aliphatic heterocycles. The second-order valence-corrected chi connectivity index (χ2v) is 5.18. The standard InChI is InChI=1S/C10H16N4OS/c1-6-5-16-4-3-14(6)10(15)8-7(2)12-13-9(8)11/h6H,3-5H2,1-2H3,(H3,11,12,13). The van der Waals surface area contributed by atoms with E-state index >= 15 is 0 Å². The molecule has 1 aromatic rings. The lowest BCUT2D eigenvalue weighted by Gasteiger charge is -2.33. The van der Waals surface area contributed by atoms with Crippen LogP contribution in [0.3, 0.4) is 0 Å². The number of carbonyl (C=O) groups is 1. The molecule has 1 atom stereocenters. The Labute approximate surface area is 98.8 Å².